The normalized spacial score (nSPS) is 15.6. The molecule has 1 saturated heterocycles. The van der Waals surface area contributed by atoms with Crippen LogP contribution >= 0.6 is 0 Å². The maximum atomic E-state index is 12.7. The summed E-state index contributed by atoms with van der Waals surface area (Å²) >= 11 is 0. The average molecular weight is 359 g/mol. The molecule has 2 N–H and O–H groups in total. The second kappa shape index (κ2) is 6.11. The third-order valence-corrected chi connectivity index (χ3v) is 4.55. The van der Waals surface area contributed by atoms with Gasteiger partial charge >= 0.3 is 6.03 Å². The first kappa shape index (κ1) is 16.8. The van der Waals surface area contributed by atoms with E-state index in [1.807, 2.05) is 0 Å². The summed E-state index contributed by atoms with van der Waals surface area (Å²) in [6.45, 7) is 0. The van der Waals surface area contributed by atoms with Gasteiger partial charge in [-0.1, -0.05) is 18.2 Å². The Labute approximate surface area is 143 Å². The van der Waals surface area contributed by atoms with Gasteiger partial charge in [-0.05, 0) is 36.4 Å². The number of para-hydroxylation sites is 1. The zero-order chi connectivity index (χ0) is 18.2. The monoisotopic (exact) mass is 359 g/mol. The summed E-state index contributed by atoms with van der Waals surface area (Å²) in [7, 11) is -3.89. The molecule has 0 spiro atoms. The molecule has 8 nitrogen and oxygen atoms in total. The van der Waals surface area contributed by atoms with Gasteiger partial charge in [-0.3, -0.25) is 9.59 Å². The van der Waals surface area contributed by atoms with Crippen LogP contribution in [0.25, 0.3) is 0 Å². The number of benzene rings is 2. The molecule has 0 radical (unpaired) electrons. The minimum atomic E-state index is -3.89. The van der Waals surface area contributed by atoms with E-state index in [2.05, 4.69) is 0 Å². The van der Waals surface area contributed by atoms with E-state index in [1.54, 1.807) is 30.3 Å². The number of primary sulfonamides is 1. The van der Waals surface area contributed by atoms with Crippen molar-refractivity contribution in [3.05, 3.63) is 54.6 Å². The van der Waals surface area contributed by atoms with E-state index >= 15 is 0 Å². The van der Waals surface area contributed by atoms with Crippen LogP contribution < -0.4 is 14.9 Å². The van der Waals surface area contributed by atoms with Crippen LogP contribution in [-0.2, 0) is 19.6 Å². The van der Waals surface area contributed by atoms with Gasteiger partial charge in [-0.2, -0.15) is 0 Å². The molecule has 0 atom stereocenters. The highest BCUT2D eigenvalue weighted by Gasteiger charge is 2.39. The molecule has 1 aliphatic heterocycles. The molecule has 0 aromatic heterocycles. The van der Waals surface area contributed by atoms with Gasteiger partial charge in [0.05, 0.1) is 16.3 Å². The number of carbonyl (C=O) groups excluding carboxylic acids is 3. The van der Waals surface area contributed by atoms with Gasteiger partial charge in [0.1, 0.15) is 6.42 Å². The average Bonchev–Trinajstić information content (AvgIpc) is 2.55. The van der Waals surface area contributed by atoms with Crippen molar-refractivity contribution in [3.8, 4) is 0 Å². The highest BCUT2D eigenvalue weighted by molar-refractivity contribution is 7.89. The van der Waals surface area contributed by atoms with Crippen molar-refractivity contribution in [1.82, 2.24) is 0 Å². The predicted octanol–water partition coefficient (Wildman–Crippen LogP) is 1.22. The van der Waals surface area contributed by atoms with Crippen molar-refractivity contribution >= 4 is 39.2 Å². The minimum Gasteiger partial charge on any atom is -0.273 e. The molecule has 2 aromatic carbocycles. The zero-order valence-electron chi connectivity index (χ0n) is 12.8. The highest BCUT2D eigenvalue weighted by Crippen LogP contribution is 2.26. The molecule has 1 fully saturated rings. The van der Waals surface area contributed by atoms with Crippen molar-refractivity contribution in [2.75, 3.05) is 9.80 Å². The number of barbiturate groups is 1. The molecule has 0 unspecified atom stereocenters. The lowest BCUT2D eigenvalue weighted by Crippen LogP contribution is -2.55. The molecule has 2 aromatic rings. The summed E-state index contributed by atoms with van der Waals surface area (Å²) in [5.74, 6) is -1.32. The van der Waals surface area contributed by atoms with E-state index in [9.17, 15) is 22.8 Å². The number of rotatable bonds is 3. The Morgan fingerprint density at radius 2 is 1.24 bits per heavy atom. The predicted molar refractivity (Wildman–Crippen MR) is 89.2 cm³/mol. The molecule has 128 valence electrons. The fraction of sp³-hybridized carbons (Fsp3) is 0.0625. The van der Waals surface area contributed by atoms with Crippen molar-refractivity contribution in [2.24, 2.45) is 5.14 Å². The number of urea groups is 1. The Hall–Kier alpha value is -3.04. The van der Waals surface area contributed by atoms with Crippen LogP contribution in [0, 0.1) is 0 Å². The van der Waals surface area contributed by atoms with Crippen LogP contribution in [0.15, 0.2) is 59.5 Å². The van der Waals surface area contributed by atoms with Gasteiger partial charge < -0.3 is 0 Å². The molecule has 9 heteroatoms. The maximum absolute atomic E-state index is 12.7. The van der Waals surface area contributed by atoms with Gasteiger partial charge in [0.2, 0.25) is 21.8 Å². The van der Waals surface area contributed by atoms with Gasteiger partial charge in [0, 0.05) is 0 Å². The number of carbonyl (C=O) groups is 3. The smallest absolute Gasteiger partial charge is 0.273 e. The summed E-state index contributed by atoms with van der Waals surface area (Å²) in [5, 5.41) is 5.03. The Morgan fingerprint density at radius 3 is 1.72 bits per heavy atom. The summed E-state index contributed by atoms with van der Waals surface area (Å²) in [5.41, 5.74) is 0.493. The topological polar surface area (TPSA) is 118 Å². The number of imide groups is 2. The van der Waals surface area contributed by atoms with E-state index in [4.69, 9.17) is 5.14 Å². The van der Waals surface area contributed by atoms with E-state index in [0.717, 1.165) is 9.80 Å². The number of nitrogens with zero attached hydrogens (tertiary/aromatic N) is 2. The van der Waals surface area contributed by atoms with Gasteiger partial charge in [-0.15, -0.1) is 0 Å². The minimum absolute atomic E-state index is 0.149. The Bertz CT molecular complexity index is 955. The number of nitrogens with two attached hydrogens (primary N) is 1. The summed E-state index contributed by atoms with van der Waals surface area (Å²) in [6.07, 6.45) is -0.475. The summed E-state index contributed by atoms with van der Waals surface area (Å²) < 4.78 is 22.6. The van der Waals surface area contributed by atoms with Crippen LogP contribution in [0.1, 0.15) is 6.42 Å². The first-order chi connectivity index (χ1) is 11.8. The van der Waals surface area contributed by atoms with E-state index in [1.165, 1.54) is 24.3 Å². The molecule has 0 aliphatic carbocycles. The number of anilines is 2. The van der Waals surface area contributed by atoms with E-state index in [-0.39, 0.29) is 10.6 Å². The van der Waals surface area contributed by atoms with Crippen LogP contribution in [0.2, 0.25) is 0 Å². The Kier molecular flexibility index (Phi) is 4.11. The van der Waals surface area contributed by atoms with E-state index in [0.29, 0.717) is 5.69 Å². The Balaban J connectivity index is 1.99. The third kappa shape index (κ3) is 3.14. The fourth-order valence-corrected chi connectivity index (χ4v) is 2.99. The lowest BCUT2D eigenvalue weighted by atomic mass is 10.2. The van der Waals surface area contributed by atoms with Crippen molar-refractivity contribution in [3.63, 3.8) is 0 Å². The lowest BCUT2D eigenvalue weighted by molar-refractivity contribution is -0.126. The van der Waals surface area contributed by atoms with Gasteiger partial charge in [-0.25, -0.2) is 28.2 Å². The van der Waals surface area contributed by atoms with Crippen molar-refractivity contribution in [1.29, 1.82) is 0 Å². The van der Waals surface area contributed by atoms with Crippen molar-refractivity contribution in [2.45, 2.75) is 11.3 Å². The molecule has 4 amide bonds. The third-order valence-electron chi connectivity index (χ3n) is 3.62. The van der Waals surface area contributed by atoms with Crippen LogP contribution in [0.4, 0.5) is 16.2 Å². The molecule has 0 bridgehead atoms. The van der Waals surface area contributed by atoms with Gasteiger partial charge in [0.25, 0.3) is 0 Å². The molecule has 0 saturated carbocycles. The molecule has 1 aliphatic rings. The van der Waals surface area contributed by atoms with Crippen LogP contribution in [-0.4, -0.2) is 26.3 Å². The first-order valence-electron chi connectivity index (χ1n) is 7.17. The summed E-state index contributed by atoms with van der Waals surface area (Å²) in [6, 6.07) is 12.3. The zero-order valence-corrected chi connectivity index (χ0v) is 13.6. The van der Waals surface area contributed by atoms with Crippen LogP contribution in [0.5, 0.6) is 0 Å². The standard InChI is InChI=1S/C16H13N3O5S/c17-25(23,24)13-8-6-12(7-9-13)19-15(21)10-14(20)18(16(19)22)11-4-2-1-3-5-11/h1-9H,10H2,(H2,17,23,24). The number of sulfonamides is 1. The molecule has 25 heavy (non-hydrogen) atoms. The molecular formula is C16H13N3O5S. The Morgan fingerprint density at radius 1 is 0.760 bits per heavy atom. The van der Waals surface area contributed by atoms with Crippen LogP contribution in [0.3, 0.4) is 0 Å². The fourth-order valence-electron chi connectivity index (χ4n) is 2.47. The molecule has 1 heterocycles. The lowest BCUT2D eigenvalue weighted by Gasteiger charge is -2.32. The first-order valence-corrected chi connectivity index (χ1v) is 8.71. The van der Waals surface area contributed by atoms with Crippen molar-refractivity contribution < 1.29 is 22.8 Å². The highest BCUT2D eigenvalue weighted by atomic mass is 32.2. The summed E-state index contributed by atoms with van der Waals surface area (Å²) in [4.78, 5) is 38.6. The SMILES string of the molecule is NS(=O)(=O)c1ccc(N2C(=O)CC(=O)N(c3ccccc3)C2=O)cc1. The largest absolute Gasteiger partial charge is 0.342 e. The second-order valence-electron chi connectivity index (χ2n) is 5.29. The van der Waals surface area contributed by atoms with E-state index < -0.39 is 34.3 Å². The second-order valence-corrected chi connectivity index (χ2v) is 6.85. The number of hydrogen-bond donors (Lipinski definition) is 1. The number of amides is 4. The maximum Gasteiger partial charge on any atom is 0.342 e. The molecular weight excluding hydrogens is 346 g/mol. The molecule has 3 rings (SSSR count). The number of hydrogen-bond acceptors (Lipinski definition) is 5. The quantitative estimate of drug-likeness (QED) is 0.827. The van der Waals surface area contributed by atoms with Gasteiger partial charge in [0.15, 0.2) is 0 Å².